The molecule has 0 saturated carbocycles. The first-order chi connectivity index (χ1) is 9.95. The maximum Gasteiger partial charge on any atom is 0.317 e. The van der Waals surface area contributed by atoms with Crippen LogP contribution in [0.25, 0.3) is 0 Å². The first-order valence-electron chi connectivity index (χ1n) is 6.03. The fourth-order valence-corrected chi connectivity index (χ4v) is 2.59. The van der Waals surface area contributed by atoms with E-state index in [9.17, 15) is 9.59 Å². The molecule has 6 nitrogen and oxygen atoms in total. The smallest absolute Gasteiger partial charge is 0.317 e. The van der Waals surface area contributed by atoms with E-state index in [1.807, 2.05) is 0 Å². The zero-order valence-corrected chi connectivity index (χ0v) is 12.6. The summed E-state index contributed by atoms with van der Waals surface area (Å²) < 4.78 is 0. The third-order valence-corrected chi connectivity index (χ3v) is 4.01. The van der Waals surface area contributed by atoms with E-state index in [-0.39, 0.29) is 17.5 Å². The number of amidine groups is 1. The van der Waals surface area contributed by atoms with Crippen molar-refractivity contribution in [2.24, 2.45) is 10.2 Å². The Kier molecular flexibility index (Phi) is 4.98. The molecular formula is C13H12ClN3O3S. The largest absolute Gasteiger partial charge is 0.480 e. The molecule has 0 radical (unpaired) electrons. The molecule has 0 spiro atoms. The van der Waals surface area contributed by atoms with Crippen molar-refractivity contribution in [2.45, 2.75) is 18.6 Å². The van der Waals surface area contributed by atoms with E-state index in [2.05, 4.69) is 15.5 Å². The molecule has 1 aliphatic heterocycles. The number of nitrogens with zero attached hydrogens (tertiary/aromatic N) is 2. The van der Waals surface area contributed by atoms with Gasteiger partial charge in [-0.25, -0.2) is 0 Å². The first kappa shape index (κ1) is 15.5. The molecular weight excluding hydrogens is 314 g/mol. The number of aliphatic carboxylic acids is 1. The summed E-state index contributed by atoms with van der Waals surface area (Å²) in [7, 11) is 0. The normalized spacial score (nSPS) is 21.2. The van der Waals surface area contributed by atoms with Gasteiger partial charge >= 0.3 is 5.97 Å². The predicted octanol–water partition coefficient (Wildman–Crippen LogP) is 2.13. The molecule has 1 amide bonds. The van der Waals surface area contributed by atoms with Gasteiger partial charge < -0.3 is 10.4 Å². The van der Waals surface area contributed by atoms with Crippen molar-refractivity contribution in [3.05, 3.63) is 34.9 Å². The molecule has 1 atom stereocenters. The molecule has 0 aliphatic carbocycles. The van der Waals surface area contributed by atoms with Gasteiger partial charge in [0.15, 0.2) is 5.17 Å². The van der Waals surface area contributed by atoms with Gasteiger partial charge in [0.2, 0.25) is 5.91 Å². The Morgan fingerprint density at radius 1 is 1.43 bits per heavy atom. The summed E-state index contributed by atoms with van der Waals surface area (Å²) in [5.74, 6) is -1.42. The number of amides is 1. The number of rotatable bonds is 3. The van der Waals surface area contributed by atoms with Crippen molar-refractivity contribution >= 4 is 46.1 Å². The van der Waals surface area contributed by atoms with E-state index in [0.717, 1.165) is 17.3 Å². The summed E-state index contributed by atoms with van der Waals surface area (Å²) >= 11 is 6.78. The van der Waals surface area contributed by atoms with Gasteiger partial charge in [0.1, 0.15) is 5.25 Å². The lowest BCUT2D eigenvalue weighted by atomic mass is 10.1. The molecule has 1 heterocycles. The second-order valence-corrected chi connectivity index (χ2v) is 5.92. The van der Waals surface area contributed by atoms with Crippen LogP contribution in [-0.4, -0.2) is 33.1 Å². The number of thioether (sulfide) groups is 1. The van der Waals surface area contributed by atoms with Crippen molar-refractivity contribution in [3.8, 4) is 0 Å². The third kappa shape index (κ3) is 4.30. The minimum absolute atomic E-state index is 0.0705. The van der Waals surface area contributed by atoms with Crippen LogP contribution in [0.5, 0.6) is 0 Å². The molecule has 1 aliphatic rings. The predicted molar refractivity (Wildman–Crippen MR) is 82.9 cm³/mol. The molecule has 21 heavy (non-hydrogen) atoms. The van der Waals surface area contributed by atoms with Gasteiger partial charge in [-0.3, -0.25) is 9.59 Å². The Balaban J connectivity index is 2.14. The summed E-state index contributed by atoms with van der Waals surface area (Å²) in [6.45, 7) is 1.76. The molecule has 8 heteroatoms. The average molecular weight is 326 g/mol. The number of hydrogen-bond donors (Lipinski definition) is 2. The maximum atomic E-state index is 11.4. The van der Waals surface area contributed by atoms with Gasteiger partial charge in [-0.15, -0.1) is 5.10 Å². The minimum Gasteiger partial charge on any atom is -0.480 e. The lowest BCUT2D eigenvalue weighted by Gasteiger charge is -2.18. The number of halogens is 1. The maximum absolute atomic E-state index is 11.4. The van der Waals surface area contributed by atoms with Crippen LogP contribution in [0.4, 0.5) is 0 Å². The molecule has 1 fully saturated rings. The van der Waals surface area contributed by atoms with Crippen LogP contribution >= 0.6 is 23.4 Å². The Morgan fingerprint density at radius 2 is 2.10 bits per heavy atom. The van der Waals surface area contributed by atoms with Gasteiger partial charge in [-0.05, 0) is 24.6 Å². The van der Waals surface area contributed by atoms with Crippen molar-refractivity contribution in [1.82, 2.24) is 5.32 Å². The van der Waals surface area contributed by atoms with Crippen molar-refractivity contribution < 1.29 is 14.7 Å². The lowest BCUT2D eigenvalue weighted by Crippen LogP contribution is -2.40. The van der Waals surface area contributed by atoms with Gasteiger partial charge in [0, 0.05) is 11.4 Å². The highest BCUT2D eigenvalue weighted by Crippen LogP contribution is 2.20. The number of carboxylic acid groups (broad SMARTS) is 1. The molecule has 1 saturated heterocycles. The van der Waals surface area contributed by atoms with E-state index in [1.165, 1.54) is 0 Å². The molecule has 2 N–H and O–H groups in total. The summed E-state index contributed by atoms with van der Waals surface area (Å²) in [5.41, 5.74) is 1.47. The highest BCUT2D eigenvalue weighted by atomic mass is 35.5. The second-order valence-electron chi connectivity index (χ2n) is 4.29. The lowest BCUT2D eigenvalue weighted by molar-refractivity contribution is -0.138. The fraction of sp³-hybridized carbons (Fsp3) is 0.231. The van der Waals surface area contributed by atoms with Gasteiger partial charge in [0.25, 0.3) is 0 Å². The SMILES string of the molecule is CC(=NN=C1NC(=O)CC(C(=O)O)S1)c1ccc(Cl)cc1. The highest BCUT2D eigenvalue weighted by molar-refractivity contribution is 8.15. The summed E-state index contributed by atoms with van der Waals surface area (Å²) in [4.78, 5) is 22.3. The first-order valence-corrected chi connectivity index (χ1v) is 7.29. The van der Waals surface area contributed by atoms with Crippen molar-refractivity contribution in [2.75, 3.05) is 0 Å². The minimum atomic E-state index is -1.04. The van der Waals surface area contributed by atoms with Crippen LogP contribution < -0.4 is 5.32 Å². The van der Waals surface area contributed by atoms with E-state index in [0.29, 0.717) is 10.7 Å². The highest BCUT2D eigenvalue weighted by Gasteiger charge is 2.29. The summed E-state index contributed by atoms with van der Waals surface area (Å²) in [6.07, 6.45) is -0.0705. The number of carboxylic acids is 1. The van der Waals surface area contributed by atoms with Gasteiger partial charge in [-0.2, -0.15) is 5.10 Å². The number of carbonyl (C=O) groups is 2. The number of nitrogens with one attached hydrogen (secondary N) is 1. The Morgan fingerprint density at radius 3 is 2.71 bits per heavy atom. The van der Waals surface area contributed by atoms with Crippen LogP contribution in [0.2, 0.25) is 5.02 Å². The van der Waals surface area contributed by atoms with E-state index < -0.39 is 11.2 Å². The van der Waals surface area contributed by atoms with Crippen molar-refractivity contribution in [3.63, 3.8) is 0 Å². The van der Waals surface area contributed by atoms with Crippen LogP contribution in [-0.2, 0) is 9.59 Å². The van der Waals surface area contributed by atoms with Crippen LogP contribution in [0.1, 0.15) is 18.9 Å². The third-order valence-electron chi connectivity index (χ3n) is 2.70. The standard InChI is InChI=1S/C13H12ClN3O3S/c1-7(8-2-4-9(14)5-3-8)16-17-13-15-11(18)6-10(21-13)12(19)20/h2-5,10H,6H2,1H3,(H,19,20)(H,15,17,18). The number of carbonyl (C=O) groups excluding carboxylic acids is 1. The zero-order valence-electron chi connectivity index (χ0n) is 11.0. The molecule has 2 rings (SSSR count). The van der Waals surface area contributed by atoms with Crippen molar-refractivity contribution in [1.29, 1.82) is 0 Å². The van der Waals surface area contributed by atoms with Crippen LogP contribution in [0.15, 0.2) is 34.5 Å². The number of hydrogen-bond acceptors (Lipinski definition) is 5. The molecule has 110 valence electrons. The monoisotopic (exact) mass is 325 g/mol. The summed E-state index contributed by atoms with van der Waals surface area (Å²) in [5, 5.41) is 19.3. The molecule has 1 aromatic rings. The average Bonchev–Trinajstić information content (AvgIpc) is 2.45. The van der Waals surface area contributed by atoms with Crippen LogP contribution in [0.3, 0.4) is 0 Å². The topological polar surface area (TPSA) is 91.1 Å². The van der Waals surface area contributed by atoms with E-state index in [1.54, 1.807) is 31.2 Å². The second kappa shape index (κ2) is 6.73. The van der Waals surface area contributed by atoms with Gasteiger partial charge in [-0.1, -0.05) is 35.5 Å². The molecule has 1 aromatic carbocycles. The fourth-order valence-electron chi connectivity index (χ4n) is 1.60. The Labute approximate surface area is 130 Å². The molecule has 0 aromatic heterocycles. The Hall–Kier alpha value is -1.86. The molecule has 0 bridgehead atoms. The summed E-state index contributed by atoms with van der Waals surface area (Å²) in [6, 6.07) is 7.07. The van der Waals surface area contributed by atoms with Crippen LogP contribution in [0, 0.1) is 0 Å². The number of benzene rings is 1. The van der Waals surface area contributed by atoms with Gasteiger partial charge in [0.05, 0.1) is 5.71 Å². The quantitative estimate of drug-likeness (QED) is 0.658. The zero-order chi connectivity index (χ0) is 15.4. The molecule has 1 unspecified atom stereocenters. The Bertz CT molecular complexity index is 628. The van der Waals surface area contributed by atoms with E-state index in [4.69, 9.17) is 16.7 Å². The van der Waals surface area contributed by atoms with E-state index >= 15 is 0 Å².